The lowest BCUT2D eigenvalue weighted by atomic mass is 10.2. The Morgan fingerprint density at radius 2 is 1.58 bits per heavy atom. The molecule has 0 radical (unpaired) electrons. The van der Waals surface area contributed by atoms with Crippen LogP contribution in [0.5, 0.6) is 0 Å². The molecule has 0 heterocycles. The van der Waals surface area contributed by atoms with Crippen LogP contribution in [0.4, 0.5) is 5.69 Å². The third-order valence-electron chi connectivity index (χ3n) is 3.15. The number of rotatable bonds is 6. The summed E-state index contributed by atoms with van der Waals surface area (Å²) in [5.41, 5.74) is 0.963. The molecule has 0 aliphatic rings. The molecule has 24 heavy (non-hydrogen) atoms. The molecule has 0 fully saturated rings. The SMILES string of the molecule is CC(=O)NCc1ccc(S(=O)(=O)Nc2ccc(C(=O)[O-])cc2)cc1. The highest BCUT2D eigenvalue weighted by Gasteiger charge is 2.14. The zero-order valence-electron chi connectivity index (χ0n) is 12.8. The number of carbonyl (C=O) groups is 2. The van der Waals surface area contributed by atoms with Crippen LogP contribution in [0.15, 0.2) is 53.4 Å². The van der Waals surface area contributed by atoms with E-state index in [1.54, 1.807) is 12.1 Å². The van der Waals surface area contributed by atoms with Crippen molar-refractivity contribution in [2.75, 3.05) is 4.72 Å². The summed E-state index contributed by atoms with van der Waals surface area (Å²) in [6, 6.07) is 11.2. The van der Waals surface area contributed by atoms with Crippen molar-refractivity contribution < 1.29 is 23.1 Å². The zero-order chi connectivity index (χ0) is 17.7. The van der Waals surface area contributed by atoms with Crippen molar-refractivity contribution in [2.45, 2.75) is 18.4 Å². The summed E-state index contributed by atoms with van der Waals surface area (Å²) in [6.45, 7) is 1.71. The Balaban J connectivity index is 2.12. The Morgan fingerprint density at radius 1 is 1.00 bits per heavy atom. The average Bonchev–Trinajstić information content (AvgIpc) is 2.53. The Morgan fingerprint density at radius 3 is 2.08 bits per heavy atom. The summed E-state index contributed by atoms with van der Waals surface area (Å²) in [7, 11) is -3.79. The van der Waals surface area contributed by atoms with Crippen molar-refractivity contribution in [1.82, 2.24) is 5.32 Å². The highest BCUT2D eigenvalue weighted by atomic mass is 32.2. The van der Waals surface area contributed by atoms with Gasteiger partial charge in [-0.05, 0) is 35.4 Å². The lowest BCUT2D eigenvalue weighted by Gasteiger charge is -2.10. The molecule has 0 saturated heterocycles. The summed E-state index contributed by atoms with van der Waals surface area (Å²) < 4.78 is 26.9. The quantitative estimate of drug-likeness (QED) is 0.789. The van der Waals surface area contributed by atoms with E-state index in [1.807, 2.05) is 0 Å². The molecule has 1 amide bonds. The normalized spacial score (nSPS) is 10.9. The van der Waals surface area contributed by atoms with Crippen LogP contribution in [0.2, 0.25) is 0 Å². The van der Waals surface area contributed by atoms with Gasteiger partial charge in [0.25, 0.3) is 10.0 Å². The van der Waals surface area contributed by atoms with Gasteiger partial charge in [-0.25, -0.2) is 8.42 Å². The van der Waals surface area contributed by atoms with Crippen LogP contribution < -0.4 is 15.1 Å². The minimum absolute atomic E-state index is 0.0414. The van der Waals surface area contributed by atoms with Crippen LogP contribution in [0.3, 0.4) is 0 Å². The molecule has 7 nitrogen and oxygen atoms in total. The summed E-state index contributed by atoms with van der Waals surface area (Å²) in [5, 5.41) is 13.3. The average molecular weight is 347 g/mol. The Labute approximate surface area is 139 Å². The number of carbonyl (C=O) groups excluding carboxylic acids is 2. The van der Waals surface area contributed by atoms with E-state index in [2.05, 4.69) is 10.0 Å². The van der Waals surface area contributed by atoms with Crippen molar-refractivity contribution >= 4 is 27.6 Å². The van der Waals surface area contributed by atoms with Crippen molar-refractivity contribution in [3.63, 3.8) is 0 Å². The summed E-state index contributed by atoms with van der Waals surface area (Å²) >= 11 is 0. The van der Waals surface area contributed by atoms with E-state index >= 15 is 0 Å². The monoisotopic (exact) mass is 347 g/mol. The number of nitrogens with one attached hydrogen (secondary N) is 2. The maximum atomic E-state index is 12.3. The number of hydrogen-bond acceptors (Lipinski definition) is 5. The standard InChI is InChI=1S/C16H16N2O5S/c1-11(19)17-10-12-2-8-15(9-3-12)24(22,23)18-14-6-4-13(5-7-14)16(20)21/h2-9,18H,10H2,1H3,(H,17,19)(H,20,21)/p-1. The fourth-order valence-corrected chi connectivity index (χ4v) is 2.96. The molecule has 8 heteroatoms. The number of aromatic carboxylic acids is 1. The molecular formula is C16H15N2O5S-. The van der Waals surface area contributed by atoms with Gasteiger partial charge >= 0.3 is 0 Å². The van der Waals surface area contributed by atoms with Gasteiger partial charge in [0.2, 0.25) is 5.91 Å². The van der Waals surface area contributed by atoms with E-state index in [-0.39, 0.29) is 22.1 Å². The topological polar surface area (TPSA) is 115 Å². The van der Waals surface area contributed by atoms with Gasteiger partial charge in [-0.15, -0.1) is 0 Å². The second-order valence-corrected chi connectivity index (χ2v) is 6.71. The van der Waals surface area contributed by atoms with Gasteiger partial charge in [0.1, 0.15) is 0 Å². The number of hydrogen-bond donors (Lipinski definition) is 2. The predicted molar refractivity (Wildman–Crippen MR) is 85.5 cm³/mol. The molecule has 2 aromatic rings. The summed E-state index contributed by atoms with van der Waals surface area (Å²) in [6.07, 6.45) is 0. The molecule has 0 spiro atoms. The predicted octanol–water partition coefficient (Wildman–Crippen LogP) is 0.487. The molecule has 2 aromatic carbocycles. The van der Waals surface area contributed by atoms with Crippen LogP contribution in [0, 0.1) is 0 Å². The molecule has 0 aliphatic heterocycles. The minimum atomic E-state index is -3.79. The van der Waals surface area contributed by atoms with Crippen molar-refractivity contribution in [2.24, 2.45) is 0 Å². The molecule has 0 aliphatic carbocycles. The molecule has 0 bridgehead atoms. The first-order valence-electron chi connectivity index (χ1n) is 6.95. The fraction of sp³-hybridized carbons (Fsp3) is 0.125. The van der Waals surface area contributed by atoms with Crippen LogP contribution in [-0.4, -0.2) is 20.3 Å². The summed E-state index contributed by atoms with van der Waals surface area (Å²) in [4.78, 5) is 21.6. The van der Waals surface area contributed by atoms with E-state index in [4.69, 9.17) is 0 Å². The zero-order valence-corrected chi connectivity index (χ0v) is 13.6. The van der Waals surface area contributed by atoms with Crippen molar-refractivity contribution in [3.8, 4) is 0 Å². The highest BCUT2D eigenvalue weighted by molar-refractivity contribution is 7.92. The Hall–Kier alpha value is -2.87. The Bertz CT molecular complexity index is 843. The largest absolute Gasteiger partial charge is 0.545 e. The van der Waals surface area contributed by atoms with E-state index in [0.29, 0.717) is 6.54 Å². The van der Waals surface area contributed by atoms with E-state index in [1.165, 1.54) is 43.3 Å². The number of amides is 1. The first-order valence-corrected chi connectivity index (χ1v) is 8.44. The molecule has 0 aromatic heterocycles. The maximum Gasteiger partial charge on any atom is 0.261 e. The fourth-order valence-electron chi connectivity index (χ4n) is 1.90. The molecule has 0 unspecified atom stereocenters. The molecule has 0 saturated carbocycles. The molecule has 0 atom stereocenters. The van der Waals surface area contributed by atoms with Crippen LogP contribution in [0.1, 0.15) is 22.8 Å². The van der Waals surface area contributed by atoms with Gasteiger partial charge in [-0.2, -0.15) is 0 Å². The second kappa shape index (κ2) is 7.14. The van der Waals surface area contributed by atoms with Crippen LogP contribution in [-0.2, 0) is 21.4 Å². The second-order valence-electron chi connectivity index (χ2n) is 5.02. The first kappa shape index (κ1) is 17.5. The third kappa shape index (κ3) is 4.56. The number of benzene rings is 2. The van der Waals surface area contributed by atoms with E-state index < -0.39 is 16.0 Å². The molecule has 126 valence electrons. The van der Waals surface area contributed by atoms with Crippen molar-refractivity contribution in [3.05, 3.63) is 59.7 Å². The molecule has 2 N–H and O–H groups in total. The third-order valence-corrected chi connectivity index (χ3v) is 4.55. The van der Waals surface area contributed by atoms with E-state index in [9.17, 15) is 23.1 Å². The lowest BCUT2D eigenvalue weighted by Crippen LogP contribution is -2.22. The number of sulfonamides is 1. The van der Waals surface area contributed by atoms with Crippen LogP contribution >= 0.6 is 0 Å². The highest BCUT2D eigenvalue weighted by Crippen LogP contribution is 2.17. The van der Waals surface area contributed by atoms with Crippen molar-refractivity contribution in [1.29, 1.82) is 0 Å². The number of carboxylic acids is 1. The summed E-state index contributed by atoms with van der Waals surface area (Å²) in [5.74, 6) is -1.51. The van der Waals surface area contributed by atoms with Gasteiger partial charge < -0.3 is 15.2 Å². The molecular weight excluding hydrogens is 332 g/mol. The van der Waals surface area contributed by atoms with Gasteiger partial charge in [0.05, 0.1) is 10.9 Å². The molecule has 2 rings (SSSR count). The smallest absolute Gasteiger partial charge is 0.261 e. The van der Waals surface area contributed by atoms with Gasteiger partial charge in [-0.1, -0.05) is 24.3 Å². The first-order chi connectivity index (χ1) is 11.3. The van der Waals surface area contributed by atoms with Gasteiger partial charge in [0, 0.05) is 19.2 Å². The number of anilines is 1. The van der Waals surface area contributed by atoms with Crippen LogP contribution in [0.25, 0.3) is 0 Å². The lowest BCUT2D eigenvalue weighted by molar-refractivity contribution is -0.255. The van der Waals surface area contributed by atoms with Gasteiger partial charge in [0.15, 0.2) is 0 Å². The van der Waals surface area contributed by atoms with E-state index in [0.717, 1.165) is 5.56 Å². The maximum absolute atomic E-state index is 12.3. The number of carboxylic acid groups (broad SMARTS) is 1. The Kier molecular flexibility index (Phi) is 5.20. The minimum Gasteiger partial charge on any atom is -0.545 e. The van der Waals surface area contributed by atoms with Gasteiger partial charge in [-0.3, -0.25) is 9.52 Å².